The van der Waals surface area contributed by atoms with E-state index in [1.807, 2.05) is 45.9 Å². The highest BCUT2D eigenvalue weighted by Gasteiger charge is 2.06. The average Bonchev–Trinajstić information content (AvgIpc) is 2.63. The number of hydrogen-bond donors (Lipinski definition) is 1. The fourth-order valence-corrected chi connectivity index (χ4v) is 1.58. The third-order valence-electron chi connectivity index (χ3n) is 2.19. The molecule has 0 aliphatic carbocycles. The van der Waals surface area contributed by atoms with E-state index >= 15 is 0 Å². The van der Waals surface area contributed by atoms with Gasteiger partial charge in [0.25, 0.3) is 0 Å². The highest BCUT2D eigenvalue weighted by atomic mass is 15.1. The Hall–Kier alpha value is -1.57. The molecule has 0 aliphatic rings. The minimum Gasteiger partial charge on any atom is -0.282 e. The Labute approximate surface area is 91.4 Å². The first-order valence-corrected chi connectivity index (χ1v) is 5.36. The molecule has 2 aromatic rings. The SMILES string of the molecule is CC.Cc1n[nH]c(C)c1-c1ccccc1. The molecule has 1 heterocycles. The molecule has 2 rings (SSSR count). The number of benzene rings is 1. The van der Waals surface area contributed by atoms with Crippen LogP contribution in [0.5, 0.6) is 0 Å². The van der Waals surface area contributed by atoms with E-state index in [0.717, 1.165) is 11.4 Å². The van der Waals surface area contributed by atoms with E-state index in [9.17, 15) is 0 Å². The molecule has 1 N–H and O–H groups in total. The number of rotatable bonds is 1. The molecule has 0 saturated heterocycles. The maximum atomic E-state index is 4.17. The van der Waals surface area contributed by atoms with Crippen LogP contribution in [0, 0.1) is 13.8 Å². The van der Waals surface area contributed by atoms with E-state index in [2.05, 4.69) is 22.3 Å². The third kappa shape index (κ3) is 2.46. The van der Waals surface area contributed by atoms with Crippen LogP contribution in [-0.4, -0.2) is 10.2 Å². The molecule has 1 aromatic carbocycles. The standard InChI is InChI=1S/C11H12N2.C2H6/c1-8-11(9(2)13-12-8)10-6-4-3-5-7-10;1-2/h3-7H,1-2H3,(H,12,13);1-2H3. The van der Waals surface area contributed by atoms with Gasteiger partial charge in [-0.2, -0.15) is 5.10 Å². The smallest absolute Gasteiger partial charge is 0.0672 e. The molecule has 0 aliphatic heterocycles. The molecule has 2 heteroatoms. The Balaban J connectivity index is 0.000000531. The van der Waals surface area contributed by atoms with Crippen LogP contribution >= 0.6 is 0 Å². The van der Waals surface area contributed by atoms with E-state index in [0.29, 0.717) is 0 Å². The van der Waals surface area contributed by atoms with Crippen molar-refractivity contribution in [1.82, 2.24) is 10.2 Å². The average molecular weight is 202 g/mol. The molecule has 0 amide bonds. The molecule has 80 valence electrons. The van der Waals surface area contributed by atoms with E-state index < -0.39 is 0 Å². The van der Waals surface area contributed by atoms with E-state index in [1.165, 1.54) is 11.1 Å². The molecular formula is C13H18N2. The molecule has 0 atom stereocenters. The van der Waals surface area contributed by atoms with Crippen molar-refractivity contribution < 1.29 is 0 Å². The third-order valence-corrected chi connectivity index (χ3v) is 2.19. The lowest BCUT2D eigenvalue weighted by Crippen LogP contribution is -1.80. The maximum Gasteiger partial charge on any atom is 0.0672 e. The van der Waals surface area contributed by atoms with Gasteiger partial charge in [-0.15, -0.1) is 0 Å². The molecular weight excluding hydrogens is 184 g/mol. The lowest BCUT2D eigenvalue weighted by Gasteiger charge is -1.99. The van der Waals surface area contributed by atoms with Crippen LogP contribution < -0.4 is 0 Å². The van der Waals surface area contributed by atoms with Crippen molar-refractivity contribution in [3.05, 3.63) is 41.7 Å². The van der Waals surface area contributed by atoms with Crippen LogP contribution in [-0.2, 0) is 0 Å². The number of nitrogens with one attached hydrogen (secondary N) is 1. The minimum atomic E-state index is 1.06. The Bertz CT molecular complexity index is 382. The zero-order valence-corrected chi connectivity index (χ0v) is 9.83. The van der Waals surface area contributed by atoms with Crippen LogP contribution in [0.1, 0.15) is 25.2 Å². The second-order valence-electron chi connectivity index (χ2n) is 3.18. The van der Waals surface area contributed by atoms with Gasteiger partial charge in [0, 0.05) is 11.3 Å². The summed E-state index contributed by atoms with van der Waals surface area (Å²) in [6.07, 6.45) is 0. The molecule has 1 aromatic heterocycles. The second-order valence-corrected chi connectivity index (χ2v) is 3.18. The molecule has 0 saturated carbocycles. The number of aryl methyl sites for hydroxylation is 2. The van der Waals surface area contributed by atoms with Gasteiger partial charge in [0.05, 0.1) is 5.69 Å². The van der Waals surface area contributed by atoms with Crippen LogP contribution in [0.2, 0.25) is 0 Å². The summed E-state index contributed by atoms with van der Waals surface area (Å²) >= 11 is 0. The highest BCUT2D eigenvalue weighted by Crippen LogP contribution is 2.24. The van der Waals surface area contributed by atoms with Crippen molar-refractivity contribution >= 4 is 0 Å². The summed E-state index contributed by atoms with van der Waals surface area (Å²) in [5.41, 5.74) is 4.64. The van der Waals surface area contributed by atoms with Crippen molar-refractivity contribution in [3.8, 4) is 11.1 Å². The summed E-state index contributed by atoms with van der Waals surface area (Å²) in [6, 6.07) is 10.3. The lowest BCUT2D eigenvalue weighted by molar-refractivity contribution is 1.02. The molecule has 0 spiro atoms. The first kappa shape index (κ1) is 11.5. The van der Waals surface area contributed by atoms with Gasteiger partial charge in [-0.25, -0.2) is 0 Å². The molecule has 15 heavy (non-hydrogen) atoms. The Morgan fingerprint density at radius 1 is 1.00 bits per heavy atom. The highest BCUT2D eigenvalue weighted by molar-refractivity contribution is 5.67. The Kier molecular flexibility index (Phi) is 4.10. The van der Waals surface area contributed by atoms with Crippen molar-refractivity contribution in [2.45, 2.75) is 27.7 Å². The quantitative estimate of drug-likeness (QED) is 0.750. The van der Waals surface area contributed by atoms with E-state index in [1.54, 1.807) is 0 Å². The summed E-state index contributed by atoms with van der Waals surface area (Å²) in [5, 5.41) is 7.15. The predicted octanol–water partition coefficient (Wildman–Crippen LogP) is 3.72. The summed E-state index contributed by atoms with van der Waals surface area (Å²) in [5.74, 6) is 0. The number of H-pyrrole nitrogens is 1. The summed E-state index contributed by atoms with van der Waals surface area (Å²) < 4.78 is 0. The van der Waals surface area contributed by atoms with Gasteiger partial charge in [-0.1, -0.05) is 44.2 Å². The van der Waals surface area contributed by atoms with Gasteiger partial charge in [-0.05, 0) is 19.4 Å². The van der Waals surface area contributed by atoms with E-state index in [4.69, 9.17) is 0 Å². The predicted molar refractivity (Wildman–Crippen MR) is 64.8 cm³/mol. The fourth-order valence-electron chi connectivity index (χ4n) is 1.58. The van der Waals surface area contributed by atoms with Gasteiger partial charge < -0.3 is 0 Å². The lowest BCUT2D eigenvalue weighted by atomic mass is 10.0. The normalized spacial score (nSPS) is 9.33. The number of nitrogens with zero attached hydrogens (tertiary/aromatic N) is 1. The van der Waals surface area contributed by atoms with Crippen LogP contribution in [0.3, 0.4) is 0 Å². The van der Waals surface area contributed by atoms with Crippen molar-refractivity contribution in [2.75, 3.05) is 0 Å². The number of aromatic nitrogens is 2. The molecule has 0 radical (unpaired) electrons. The topological polar surface area (TPSA) is 28.7 Å². The zero-order valence-electron chi connectivity index (χ0n) is 9.83. The minimum absolute atomic E-state index is 1.06. The molecule has 2 nitrogen and oxygen atoms in total. The zero-order chi connectivity index (χ0) is 11.3. The summed E-state index contributed by atoms with van der Waals surface area (Å²) in [7, 11) is 0. The first-order chi connectivity index (χ1) is 7.29. The fraction of sp³-hybridized carbons (Fsp3) is 0.308. The van der Waals surface area contributed by atoms with Crippen molar-refractivity contribution in [1.29, 1.82) is 0 Å². The van der Waals surface area contributed by atoms with Crippen molar-refractivity contribution in [3.63, 3.8) is 0 Å². The van der Waals surface area contributed by atoms with Gasteiger partial charge in [0.1, 0.15) is 0 Å². The molecule has 0 fully saturated rings. The van der Waals surface area contributed by atoms with Crippen molar-refractivity contribution in [2.24, 2.45) is 0 Å². The monoisotopic (exact) mass is 202 g/mol. The van der Waals surface area contributed by atoms with Gasteiger partial charge in [0.15, 0.2) is 0 Å². The number of aromatic amines is 1. The second kappa shape index (κ2) is 5.35. The molecule has 0 bridgehead atoms. The van der Waals surface area contributed by atoms with Crippen LogP contribution in [0.25, 0.3) is 11.1 Å². The first-order valence-electron chi connectivity index (χ1n) is 5.36. The Morgan fingerprint density at radius 2 is 1.60 bits per heavy atom. The summed E-state index contributed by atoms with van der Waals surface area (Å²) in [6.45, 7) is 8.06. The van der Waals surface area contributed by atoms with Gasteiger partial charge in [0.2, 0.25) is 0 Å². The number of hydrogen-bond acceptors (Lipinski definition) is 1. The largest absolute Gasteiger partial charge is 0.282 e. The van der Waals surface area contributed by atoms with E-state index in [-0.39, 0.29) is 0 Å². The van der Waals surface area contributed by atoms with Crippen LogP contribution in [0.4, 0.5) is 0 Å². The Morgan fingerprint density at radius 3 is 2.07 bits per heavy atom. The van der Waals surface area contributed by atoms with Gasteiger partial charge in [-0.3, -0.25) is 5.10 Å². The van der Waals surface area contributed by atoms with Gasteiger partial charge >= 0.3 is 0 Å². The maximum absolute atomic E-state index is 4.17. The van der Waals surface area contributed by atoms with Crippen LogP contribution in [0.15, 0.2) is 30.3 Å². The molecule has 0 unspecified atom stereocenters. The summed E-state index contributed by atoms with van der Waals surface area (Å²) in [4.78, 5) is 0.